The average molecular weight is 372 g/mol. The molecule has 2 fully saturated rings. The fourth-order valence-corrected chi connectivity index (χ4v) is 3.61. The van der Waals surface area contributed by atoms with Crippen LogP contribution in [0.4, 0.5) is 4.39 Å². The van der Waals surface area contributed by atoms with E-state index in [-0.39, 0.29) is 18.4 Å². The Morgan fingerprint density at radius 1 is 1.37 bits per heavy atom. The molecule has 1 spiro atoms. The van der Waals surface area contributed by atoms with E-state index in [4.69, 9.17) is 4.74 Å². The van der Waals surface area contributed by atoms with Gasteiger partial charge < -0.3 is 15.0 Å². The van der Waals surface area contributed by atoms with E-state index >= 15 is 0 Å². The molecule has 0 radical (unpaired) electrons. The number of morpholine rings is 1. The molecular weight excluding hydrogens is 351 g/mol. The molecule has 0 bridgehead atoms. The third-order valence-electron chi connectivity index (χ3n) is 5.16. The van der Waals surface area contributed by atoms with Gasteiger partial charge in [0.2, 0.25) is 5.91 Å². The minimum absolute atomic E-state index is 0.00750. The highest BCUT2D eigenvalue weighted by molar-refractivity contribution is 5.95. The Morgan fingerprint density at radius 3 is 2.93 bits per heavy atom. The molecular formula is C19H21FN4O3. The summed E-state index contributed by atoms with van der Waals surface area (Å²) in [4.78, 5) is 25.9. The molecule has 1 unspecified atom stereocenters. The molecule has 1 N–H and O–H groups in total. The summed E-state index contributed by atoms with van der Waals surface area (Å²) < 4.78 is 21.6. The van der Waals surface area contributed by atoms with Gasteiger partial charge in [0.05, 0.1) is 12.7 Å². The Kier molecular flexibility index (Phi) is 4.43. The van der Waals surface area contributed by atoms with Gasteiger partial charge in [-0.2, -0.15) is 5.10 Å². The summed E-state index contributed by atoms with van der Waals surface area (Å²) in [6.45, 7) is 3.97. The van der Waals surface area contributed by atoms with Gasteiger partial charge in [0.15, 0.2) is 0 Å². The van der Waals surface area contributed by atoms with Crippen LogP contribution in [0.25, 0.3) is 11.1 Å². The fraction of sp³-hybridized carbons (Fsp3) is 0.421. The number of benzene rings is 1. The minimum atomic E-state index is -0.540. The van der Waals surface area contributed by atoms with Crippen LogP contribution in [0.3, 0.4) is 0 Å². The summed E-state index contributed by atoms with van der Waals surface area (Å²) in [5, 5.41) is 6.99. The Balaban J connectivity index is 1.55. The molecule has 3 heterocycles. The number of carbonyl (C=O) groups is 2. The van der Waals surface area contributed by atoms with Gasteiger partial charge in [-0.05, 0) is 37.1 Å². The van der Waals surface area contributed by atoms with Crippen molar-refractivity contribution in [1.82, 2.24) is 20.0 Å². The van der Waals surface area contributed by atoms with E-state index in [1.807, 2.05) is 13.1 Å². The summed E-state index contributed by atoms with van der Waals surface area (Å²) in [7, 11) is 0. The third kappa shape index (κ3) is 3.44. The van der Waals surface area contributed by atoms with Crippen LogP contribution in [0.15, 0.2) is 30.6 Å². The highest BCUT2D eigenvalue weighted by Gasteiger charge is 2.43. The highest BCUT2D eigenvalue weighted by atomic mass is 19.1. The number of amides is 2. The molecule has 2 saturated heterocycles. The summed E-state index contributed by atoms with van der Waals surface area (Å²) in [5.41, 5.74) is 1.14. The van der Waals surface area contributed by atoms with Crippen molar-refractivity contribution in [2.75, 3.05) is 26.2 Å². The number of rotatable bonds is 3. The number of hydrogen-bond acceptors (Lipinski definition) is 4. The lowest BCUT2D eigenvalue weighted by Crippen LogP contribution is -2.54. The smallest absolute Gasteiger partial charge is 0.254 e. The topological polar surface area (TPSA) is 76.5 Å². The molecule has 4 rings (SSSR count). The molecule has 2 aliphatic rings. The van der Waals surface area contributed by atoms with Gasteiger partial charge in [0.1, 0.15) is 18.0 Å². The van der Waals surface area contributed by atoms with Crippen LogP contribution in [0.1, 0.15) is 23.7 Å². The van der Waals surface area contributed by atoms with Gasteiger partial charge >= 0.3 is 0 Å². The summed E-state index contributed by atoms with van der Waals surface area (Å²) >= 11 is 0. The zero-order chi connectivity index (χ0) is 19.0. The van der Waals surface area contributed by atoms with Crippen LogP contribution >= 0.6 is 0 Å². The van der Waals surface area contributed by atoms with Crippen molar-refractivity contribution in [2.24, 2.45) is 0 Å². The number of aromatic nitrogens is 2. The van der Waals surface area contributed by atoms with Gasteiger partial charge in [-0.1, -0.05) is 0 Å². The maximum atomic E-state index is 14.2. The van der Waals surface area contributed by atoms with Crippen LogP contribution in [-0.2, 0) is 16.1 Å². The minimum Gasteiger partial charge on any atom is -0.361 e. The summed E-state index contributed by atoms with van der Waals surface area (Å²) in [6.07, 6.45) is 4.13. The predicted molar refractivity (Wildman–Crippen MR) is 95.5 cm³/mol. The highest BCUT2D eigenvalue weighted by Crippen LogP contribution is 2.29. The van der Waals surface area contributed by atoms with Crippen LogP contribution in [0.2, 0.25) is 0 Å². The maximum Gasteiger partial charge on any atom is 0.254 e. The van der Waals surface area contributed by atoms with E-state index in [1.165, 1.54) is 12.1 Å². The number of likely N-dealkylation sites (tertiary alicyclic amines) is 1. The Labute approximate surface area is 156 Å². The monoisotopic (exact) mass is 372 g/mol. The van der Waals surface area contributed by atoms with Crippen molar-refractivity contribution in [3.05, 3.63) is 42.0 Å². The van der Waals surface area contributed by atoms with E-state index < -0.39 is 11.4 Å². The number of ether oxygens (including phenoxy) is 1. The molecule has 2 aliphatic heterocycles. The molecule has 27 heavy (non-hydrogen) atoms. The lowest BCUT2D eigenvalue weighted by atomic mass is 10.0. The van der Waals surface area contributed by atoms with Crippen LogP contribution in [-0.4, -0.2) is 58.3 Å². The largest absolute Gasteiger partial charge is 0.361 e. The quantitative estimate of drug-likeness (QED) is 0.885. The van der Waals surface area contributed by atoms with Crippen molar-refractivity contribution in [3.8, 4) is 11.1 Å². The second-order valence-electron chi connectivity index (χ2n) is 7.04. The SMILES string of the molecule is CCn1cc(-c2cc(F)cc(C(=O)N3CCC4(CNC(=O)CO4)C3)c2)cn1. The second kappa shape index (κ2) is 6.77. The normalized spacial score (nSPS) is 22.3. The first-order valence-electron chi connectivity index (χ1n) is 9.01. The van der Waals surface area contributed by atoms with E-state index in [0.29, 0.717) is 43.7 Å². The first kappa shape index (κ1) is 17.7. The zero-order valence-corrected chi connectivity index (χ0v) is 15.1. The van der Waals surface area contributed by atoms with Crippen LogP contribution in [0.5, 0.6) is 0 Å². The number of halogens is 1. The molecule has 8 heteroatoms. The van der Waals surface area contributed by atoms with Crippen molar-refractivity contribution >= 4 is 11.8 Å². The van der Waals surface area contributed by atoms with E-state index in [9.17, 15) is 14.0 Å². The molecule has 1 aromatic carbocycles. The van der Waals surface area contributed by atoms with Gasteiger partial charge in [-0.3, -0.25) is 14.3 Å². The Hall–Kier alpha value is -2.74. The number of carbonyl (C=O) groups excluding carboxylic acids is 2. The summed E-state index contributed by atoms with van der Waals surface area (Å²) in [6, 6.07) is 4.35. The lowest BCUT2D eigenvalue weighted by Gasteiger charge is -2.33. The van der Waals surface area contributed by atoms with Gasteiger partial charge in [0.25, 0.3) is 5.91 Å². The lowest BCUT2D eigenvalue weighted by molar-refractivity contribution is -0.141. The van der Waals surface area contributed by atoms with E-state index in [2.05, 4.69) is 10.4 Å². The van der Waals surface area contributed by atoms with Crippen molar-refractivity contribution in [1.29, 1.82) is 0 Å². The molecule has 1 atom stereocenters. The molecule has 1 aromatic heterocycles. The Bertz CT molecular complexity index is 885. The molecule has 7 nitrogen and oxygen atoms in total. The molecule has 2 aromatic rings. The van der Waals surface area contributed by atoms with Crippen LogP contribution < -0.4 is 5.32 Å². The van der Waals surface area contributed by atoms with Crippen molar-refractivity contribution < 1.29 is 18.7 Å². The van der Waals surface area contributed by atoms with E-state index in [0.717, 1.165) is 5.56 Å². The molecule has 142 valence electrons. The number of hydrogen-bond donors (Lipinski definition) is 1. The maximum absolute atomic E-state index is 14.2. The van der Waals surface area contributed by atoms with Gasteiger partial charge in [-0.15, -0.1) is 0 Å². The van der Waals surface area contributed by atoms with Gasteiger partial charge in [-0.25, -0.2) is 4.39 Å². The average Bonchev–Trinajstić information content (AvgIpc) is 3.31. The standard InChI is InChI=1S/C19H21FN4O3/c1-2-24-9-15(8-22-24)13-5-14(7-16(20)6-13)18(26)23-4-3-19(12-23)11-21-17(25)10-27-19/h5-9H,2-4,10-12H2,1H3,(H,21,25). The first-order chi connectivity index (χ1) is 13.0. The Morgan fingerprint density at radius 2 is 2.22 bits per heavy atom. The number of aryl methyl sites for hydroxylation is 1. The first-order valence-corrected chi connectivity index (χ1v) is 9.01. The van der Waals surface area contributed by atoms with Crippen molar-refractivity contribution in [3.63, 3.8) is 0 Å². The van der Waals surface area contributed by atoms with Crippen molar-refractivity contribution in [2.45, 2.75) is 25.5 Å². The third-order valence-corrected chi connectivity index (χ3v) is 5.16. The molecule has 0 aliphatic carbocycles. The van der Waals surface area contributed by atoms with Crippen LogP contribution in [0, 0.1) is 5.82 Å². The fourth-order valence-electron chi connectivity index (χ4n) is 3.61. The second-order valence-corrected chi connectivity index (χ2v) is 7.04. The zero-order valence-electron chi connectivity index (χ0n) is 15.1. The molecule has 0 saturated carbocycles. The predicted octanol–water partition coefficient (Wildman–Crippen LogP) is 1.44. The number of nitrogens with zero attached hydrogens (tertiary/aromatic N) is 3. The summed E-state index contributed by atoms with van der Waals surface area (Å²) in [5.74, 6) is -0.848. The van der Waals surface area contributed by atoms with Gasteiger partial charge in [0, 0.05) is 37.0 Å². The molecule has 2 amide bonds. The van der Waals surface area contributed by atoms with E-state index in [1.54, 1.807) is 21.8 Å². The number of nitrogens with one attached hydrogen (secondary N) is 1.